The summed E-state index contributed by atoms with van der Waals surface area (Å²) in [5.41, 5.74) is 2.44. The molecule has 0 saturated carbocycles. The van der Waals surface area contributed by atoms with Gasteiger partial charge in [-0.1, -0.05) is 6.07 Å². The molecule has 1 amide bonds. The first-order valence-corrected chi connectivity index (χ1v) is 8.39. The Bertz CT molecular complexity index is 696. The first kappa shape index (κ1) is 13.6. The highest BCUT2D eigenvalue weighted by Crippen LogP contribution is 2.35. The summed E-state index contributed by atoms with van der Waals surface area (Å²) in [6.45, 7) is 2.64. The lowest BCUT2D eigenvalue weighted by Crippen LogP contribution is -2.37. The average molecular weight is 315 g/mol. The molecule has 1 aromatic heterocycles. The third-order valence-electron chi connectivity index (χ3n) is 4.13. The Labute approximate surface area is 133 Å². The molecule has 114 valence electrons. The van der Waals surface area contributed by atoms with E-state index >= 15 is 0 Å². The molecule has 22 heavy (non-hydrogen) atoms. The topological polar surface area (TPSA) is 38.8 Å². The van der Waals surface area contributed by atoms with Crippen LogP contribution >= 0.6 is 11.3 Å². The van der Waals surface area contributed by atoms with Crippen molar-refractivity contribution in [1.29, 1.82) is 0 Å². The van der Waals surface area contributed by atoms with Crippen LogP contribution in [0.3, 0.4) is 0 Å². The molecule has 4 nitrogen and oxygen atoms in total. The molecule has 2 aliphatic rings. The molecular formula is C17H17NO3S. The van der Waals surface area contributed by atoms with E-state index in [1.807, 2.05) is 28.5 Å². The molecule has 0 spiro atoms. The zero-order chi connectivity index (χ0) is 14.9. The number of carbonyl (C=O) groups excluding carboxylic acids is 1. The van der Waals surface area contributed by atoms with E-state index in [1.54, 1.807) is 11.3 Å². The lowest BCUT2D eigenvalue weighted by atomic mass is 9.98. The molecule has 2 aromatic rings. The molecule has 3 heterocycles. The fourth-order valence-corrected chi connectivity index (χ4v) is 3.68. The first-order chi connectivity index (χ1) is 10.8. The van der Waals surface area contributed by atoms with Crippen LogP contribution in [-0.4, -0.2) is 30.6 Å². The van der Waals surface area contributed by atoms with Gasteiger partial charge < -0.3 is 14.4 Å². The summed E-state index contributed by atoms with van der Waals surface area (Å²) >= 11 is 1.64. The van der Waals surface area contributed by atoms with Crippen LogP contribution in [0.5, 0.6) is 11.5 Å². The Morgan fingerprint density at radius 1 is 1.18 bits per heavy atom. The second kappa shape index (κ2) is 5.65. The molecule has 0 radical (unpaired) electrons. The van der Waals surface area contributed by atoms with Crippen LogP contribution in [0.4, 0.5) is 0 Å². The van der Waals surface area contributed by atoms with Crippen molar-refractivity contribution < 1.29 is 14.3 Å². The molecule has 5 heteroatoms. The van der Waals surface area contributed by atoms with E-state index in [0.717, 1.165) is 29.3 Å². The number of rotatable bonds is 2. The summed E-state index contributed by atoms with van der Waals surface area (Å²) in [6, 6.07) is 8.11. The van der Waals surface area contributed by atoms with Gasteiger partial charge >= 0.3 is 0 Å². The Hall–Kier alpha value is -2.01. The van der Waals surface area contributed by atoms with E-state index in [1.165, 1.54) is 11.1 Å². The summed E-state index contributed by atoms with van der Waals surface area (Å²) in [6.07, 6.45) is 1.37. The van der Waals surface area contributed by atoms with Crippen LogP contribution in [-0.2, 0) is 24.2 Å². The molecular weight excluding hydrogens is 298 g/mol. The van der Waals surface area contributed by atoms with Crippen LogP contribution in [0.15, 0.2) is 29.6 Å². The average Bonchev–Trinajstić information content (AvgIpc) is 3.05. The maximum absolute atomic E-state index is 12.4. The Kier molecular flexibility index (Phi) is 3.50. The summed E-state index contributed by atoms with van der Waals surface area (Å²) in [4.78, 5) is 15.5. The van der Waals surface area contributed by atoms with Gasteiger partial charge in [0, 0.05) is 18.0 Å². The van der Waals surface area contributed by atoms with Gasteiger partial charge in [0.2, 0.25) is 5.91 Å². The zero-order valence-electron chi connectivity index (χ0n) is 12.2. The summed E-state index contributed by atoms with van der Waals surface area (Å²) in [7, 11) is 0. The summed E-state index contributed by atoms with van der Waals surface area (Å²) in [5, 5.41) is 2.01. The van der Waals surface area contributed by atoms with E-state index < -0.39 is 0 Å². The van der Waals surface area contributed by atoms with Gasteiger partial charge in [-0.2, -0.15) is 0 Å². The molecule has 1 aromatic carbocycles. The number of hydrogen-bond donors (Lipinski definition) is 0. The van der Waals surface area contributed by atoms with Crippen molar-refractivity contribution in [3.8, 4) is 11.5 Å². The van der Waals surface area contributed by atoms with E-state index in [2.05, 4.69) is 6.07 Å². The molecule has 0 unspecified atom stereocenters. The van der Waals surface area contributed by atoms with Crippen LogP contribution in [0.25, 0.3) is 0 Å². The molecule has 0 aliphatic carbocycles. The van der Waals surface area contributed by atoms with Crippen LogP contribution in [0.1, 0.15) is 16.0 Å². The number of ether oxygens (including phenoxy) is 2. The van der Waals surface area contributed by atoms with Gasteiger partial charge in [0.1, 0.15) is 13.2 Å². The second-order valence-corrected chi connectivity index (χ2v) is 6.62. The van der Waals surface area contributed by atoms with Gasteiger partial charge in [0.15, 0.2) is 11.5 Å². The number of carbonyl (C=O) groups is 1. The summed E-state index contributed by atoms with van der Waals surface area (Å²) in [5.74, 6) is 1.84. The molecule has 0 N–H and O–H groups in total. The Morgan fingerprint density at radius 2 is 1.95 bits per heavy atom. The van der Waals surface area contributed by atoms with Crippen LogP contribution in [0, 0.1) is 0 Å². The third-order valence-corrected chi connectivity index (χ3v) is 5.01. The molecule has 0 saturated heterocycles. The molecule has 2 aliphatic heterocycles. The largest absolute Gasteiger partial charge is 0.486 e. The number of amides is 1. The fourth-order valence-electron chi connectivity index (χ4n) is 2.98. The molecule has 0 bridgehead atoms. The molecule has 0 atom stereocenters. The highest BCUT2D eigenvalue weighted by Gasteiger charge is 2.24. The van der Waals surface area contributed by atoms with Gasteiger partial charge in [0.25, 0.3) is 0 Å². The minimum Gasteiger partial charge on any atom is -0.486 e. The van der Waals surface area contributed by atoms with E-state index in [4.69, 9.17) is 9.47 Å². The number of nitrogens with zero attached hydrogens (tertiary/aromatic N) is 1. The first-order valence-electron chi connectivity index (χ1n) is 7.51. The van der Waals surface area contributed by atoms with Crippen molar-refractivity contribution in [2.24, 2.45) is 0 Å². The van der Waals surface area contributed by atoms with Crippen molar-refractivity contribution in [2.45, 2.75) is 19.4 Å². The zero-order valence-corrected chi connectivity index (χ0v) is 13.0. The van der Waals surface area contributed by atoms with E-state index in [-0.39, 0.29) is 5.91 Å². The highest BCUT2D eigenvalue weighted by atomic mass is 32.1. The predicted octanol–water partition coefficient (Wildman–Crippen LogP) is 2.65. The van der Waals surface area contributed by atoms with E-state index in [9.17, 15) is 4.79 Å². The number of hydrogen-bond acceptors (Lipinski definition) is 4. The maximum atomic E-state index is 12.4. The Balaban J connectivity index is 1.52. The van der Waals surface area contributed by atoms with Gasteiger partial charge in [-0.05, 0) is 41.1 Å². The second-order valence-electron chi connectivity index (χ2n) is 5.59. The van der Waals surface area contributed by atoms with E-state index in [0.29, 0.717) is 26.2 Å². The summed E-state index contributed by atoms with van der Waals surface area (Å²) < 4.78 is 11.3. The lowest BCUT2D eigenvalue weighted by molar-refractivity contribution is -0.131. The number of fused-ring (bicyclic) bond motifs is 2. The van der Waals surface area contributed by atoms with Crippen molar-refractivity contribution >= 4 is 17.2 Å². The van der Waals surface area contributed by atoms with Crippen molar-refractivity contribution in [1.82, 2.24) is 4.90 Å². The van der Waals surface area contributed by atoms with Crippen molar-refractivity contribution in [3.05, 3.63) is 45.6 Å². The SMILES string of the molecule is O=C(Cc1cccs1)N1CCc2cc3c(cc2C1)OCCO3. The monoisotopic (exact) mass is 315 g/mol. The van der Waals surface area contributed by atoms with Crippen molar-refractivity contribution in [2.75, 3.05) is 19.8 Å². The predicted molar refractivity (Wildman–Crippen MR) is 84.6 cm³/mol. The number of benzene rings is 1. The third kappa shape index (κ3) is 2.57. The molecule has 4 rings (SSSR count). The van der Waals surface area contributed by atoms with Gasteiger partial charge in [-0.25, -0.2) is 0 Å². The van der Waals surface area contributed by atoms with Crippen LogP contribution < -0.4 is 9.47 Å². The van der Waals surface area contributed by atoms with Crippen LogP contribution in [0.2, 0.25) is 0 Å². The Morgan fingerprint density at radius 3 is 2.68 bits per heavy atom. The number of thiophene rings is 1. The minimum atomic E-state index is 0.197. The maximum Gasteiger partial charge on any atom is 0.228 e. The van der Waals surface area contributed by atoms with Gasteiger partial charge in [-0.15, -0.1) is 11.3 Å². The quantitative estimate of drug-likeness (QED) is 0.855. The molecule has 0 fully saturated rings. The smallest absolute Gasteiger partial charge is 0.228 e. The lowest BCUT2D eigenvalue weighted by Gasteiger charge is -2.30. The normalized spacial score (nSPS) is 16.3. The fraction of sp³-hybridized carbons (Fsp3) is 0.353. The highest BCUT2D eigenvalue weighted by molar-refractivity contribution is 7.10. The van der Waals surface area contributed by atoms with Gasteiger partial charge in [0.05, 0.1) is 6.42 Å². The standard InChI is InChI=1S/C17H17NO3S/c19-17(10-14-2-1-7-22-14)18-4-3-12-8-15-16(9-13(12)11-18)21-6-5-20-15/h1-2,7-9H,3-6,10-11H2. The van der Waals surface area contributed by atoms with Gasteiger partial charge in [-0.3, -0.25) is 4.79 Å². The minimum absolute atomic E-state index is 0.197. The van der Waals surface area contributed by atoms with Crippen molar-refractivity contribution in [3.63, 3.8) is 0 Å².